The molecule has 2 aliphatic heterocycles. The van der Waals surface area contributed by atoms with Gasteiger partial charge in [-0.3, -0.25) is 9.69 Å². The fourth-order valence-electron chi connectivity index (χ4n) is 6.23. The number of halogens is 3. The van der Waals surface area contributed by atoms with Gasteiger partial charge in [0, 0.05) is 24.2 Å². The Balaban J connectivity index is 1.29. The largest absolute Gasteiger partial charge is 0.310 e. The molecule has 4 aromatic carbocycles. The van der Waals surface area contributed by atoms with Gasteiger partial charge < -0.3 is 4.90 Å². The maximum atomic E-state index is 14.6. The lowest BCUT2D eigenvalue weighted by Gasteiger charge is -2.40. The van der Waals surface area contributed by atoms with Gasteiger partial charge in [0.25, 0.3) is 0 Å². The number of fused-ring (bicyclic) bond motifs is 2. The molecule has 198 valence electrons. The Bertz CT molecular complexity index is 1450. The molecule has 6 rings (SSSR count). The van der Waals surface area contributed by atoms with Crippen LogP contribution in [0.5, 0.6) is 0 Å². The summed E-state index contributed by atoms with van der Waals surface area (Å²) in [7, 11) is 0. The van der Waals surface area contributed by atoms with Crippen molar-refractivity contribution in [2.45, 2.75) is 30.7 Å². The van der Waals surface area contributed by atoms with Gasteiger partial charge >= 0.3 is 0 Å². The Morgan fingerprint density at radius 1 is 0.821 bits per heavy atom. The highest BCUT2D eigenvalue weighted by atomic mass is 35.5. The SMILES string of the molecule is O=C(C(c1ccccc1)c1ccccc1)N1CC2(CCN(Cc3ccc(Cl)c(Cl)c3)CC2)c2cc(F)ccc21. The summed E-state index contributed by atoms with van der Waals surface area (Å²) < 4.78 is 14.6. The van der Waals surface area contributed by atoms with Gasteiger partial charge in [-0.2, -0.15) is 0 Å². The number of rotatable bonds is 5. The predicted molar refractivity (Wildman–Crippen MR) is 156 cm³/mol. The second-order valence-corrected chi connectivity index (χ2v) is 11.5. The summed E-state index contributed by atoms with van der Waals surface area (Å²) in [6, 6.07) is 30.5. The third-order valence-electron chi connectivity index (χ3n) is 8.26. The zero-order valence-electron chi connectivity index (χ0n) is 21.5. The first-order chi connectivity index (χ1) is 18.9. The van der Waals surface area contributed by atoms with Crippen LogP contribution in [0.15, 0.2) is 97.1 Å². The van der Waals surface area contributed by atoms with E-state index in [9.17, 15) is 9.18 Å². The summed E-state index contributed by atoms with van der Waals surface area (Å²) in [6.45, 7) is 3.02. The van der Waals surface area contributed by atoms with E-state index in [2.05, 4.69) is 4.90 Å². The summed E-state index contributed by atoms with van der Waals surface area (Å²) in [5.41, 5.74) is 4.52. The molecule has 4 aromatic rings. The van der Waals surface area contributed by atoms with Crippen molar-refractivity contribution in [3.05, 3.63) is 135 Å². The third kappa shape index (κ3) is 5.09. The summed E-state index contributed by atoms with van der Waals surface area (Å²) in [6.07, 6.45) is 1.69. The number of hydrogen-bond acceptors (Lipinski definition) is 2. The molecule has 39 heavy (non-hydrogen) atoms. The van der Waals surface area contributed by atoms with Crippen molar-refractivity contribution >= 4 is 34.8 Å². The van der Waals surface area contributed by atoms with Crippen molar-refractivity contribution in [3.63, 3.8) is 0 Å². The normalized spacial score (nSPS) is 16.6. The van der Waals surface area contributed by atoms with Gasteiger partial charge in [0.1, 0.15) is 5.82 Å². The maximum Gasteiger partial charge on any atom is 0.239 e. The van der Waals surface area contributed by atoms with Crippen molar-refractivity contribution in [2.75, 3.05) is 24.5 Å². The molecule has 3 nitrogen and oxygen atoms in total. The molecular formula is C33H29Cl2FN2O. The van der Waals surface area contributed by atoms with E-state index in [4.69, 9.17) is 23.2 Å². The van der Waals surface area contributed by atoms with Gasteiger partial charge in [0.15, 0.2) is 0 Å². The van der Waals surface area contributed by atoms with Crippen LogP contribution in [-0.2, 0) is 16.8 Å². The summed E-state index contributed by atoms with van der Waals surface area (Å²) >= 11 is 12.3. The first kappa shape index (κ1) is 26.1. The minimum atomic E-state index is -0.435. The zero-order chi connectivity index (χ0) is 27.0. The molecule has 0 aromatic heterocycles. The number of carbonyl (C=O) groups is 1. The fourth-order valence-corrected chi connectivity index (χ4v) is 6.55. The number of hydrogen-bond donors (Lipinski definition) is 0. The van der Waals surface area contributed by atoms with Crippen LogP contribution in [0.25, 0.3) is 0 Å². The van der Waals surface area contributed by atoms with Crippen molar-refractivity contribution in [2.24, 2.45) is 0 Å². The van der Waals surface area contributed by atoms with E-state index in [1.807, 2.05) is 83.8 Å². The Morgan fingerprint density at radius 3 is 2.08 bits per heavy atom. The van der Waals surface area contributed by atoms with Crippen LogP contribution in [0.1, 0.15) is 41.0 Å². The van der Waals surface area contributed by atoms with E-state index in [1.165, 1.54) is 6.07 Å². The molecule has 2 heterocycles. The van der Waals surface area contributed by atoms with Crippen molar-refractivity contribution in [1.82, 2.24) is 4.90 Å². The smallest absolute Gasteiger partial charge is 0.239 e. The number of likely N-dealkylation sites (tertiary alicyclic amines) is 1. The maximum absolute atomic E-state index is 14.6. The lowest BCUT2D eigenvalue weighted by atomic mass is 9.74. The van der Waals surface area contributed by atoms with Crippen LogP contribution < -0.4 is 4.90 Å². The fraction of sp³-hybridized carbons (Fsp3) is 0.242. The van der Waals surface area contributed by atoms with E-state index in [1.54, 1.807) is 12.1 Å². The van der Waals surface area contributed by atoms with Gasteiger partial charge in [-0.25, -0.2) is 4.39 Å². The second kappa shape index (κ2) is 10.8. The number of anilines is 1. The van der Waals surface area contributed by atoms with Crippen LogP contribution >= 0.6 is 23.2 Å². The van der Waals surface area contributed by atoms with E-state index < -0.39 is 5.92 Å². The molecule has 1 amide bonds. The molecule has 0 aliphatic carbocycles. The van der Waals surface area contributed by atoms with E-state index in [0.717, 1.165) is 60.4 Å². The second-order valence-electron chi connectivity index (χ2n) is 10.6. The highest BCUT2D eigenvalue weighted by Crippen LogP contribution is 2.48. The number of benzene rings is 4. The average Bonchev–Trinajstić information content (AvgIpc) is 3.26. The van der Waals surface area contributed by atoms with Gasteiger partial charge in [-0.15, -0.1) is 0 Å². The Morgan fingerprint density at radius 2 is 1.46 bits per heavy atom. The molecule has 0 N–H and O–H groups in total. The number of piperidine rings is 1. The van der Waals surface area contributed by atoms with Crippen molar-refractivity contribution in [1.29, 1.82) is 0 Å². The molecule has 0 unspecified atom stereocenters. The first-order valence-electron chi connectivity index (χ1n) is 13.3. The van der Waals surface area contributed by atoms with E-state index in [0.29, 0.717) is 16.6 Å². The molecule has 6 heteroatoms. The Kier molecular flexibility index (Phi) is 7.20. The molecule has 1 spiro atoms. The van der Waals surface area contributed by atoms with Crippen LogP contribution in [-0.4, -0.2) is 30.4 Å². The molecule has 2 aliphatic rings. The molecule has 1 fully saturated rings. The zero-order valence-corrected chi connectivity index (χ0v) is 23.0. The van der Waals surface area contributed by atoms with Crippen molar-refractivity contribution < 1.29 is 9.18 Å². The van der Waals surface area contributed by atoms with Gasteiger partial charge in [-0.1, -0.05) is 89.9 Å². The summed E-state index contributed by atoms with van der Waals surface area (Å²) in [5.74, 6) is -0.672. The predicted octanol–water partition coefficient (Wildman–Crippen LogP) is 7.85. The molecular weight excluding hydrogens is 530 g/mol. The monoisotopic (exact) mass is 558 g/mol. The van der Waals surface area contributed by atoms with Gasteiger partial charge in [0.2, 0.25) is 5.91 Å². The highest BCUT2D eigenvalue weighted by Gasteiger charge is 2.47. The minimum absolute atomic E-state index is 0.0235. The third-order valence-corrected chi connectivity index (χ3v) is 9.00. The summed E-state index contributed by atoms with van der Waals surface area (Å²) in [5, 5.41) is 1.11. The van der Waals surface area contributed by atoms with Crippen molar-refractivity contribution in [3.8, 4) is 0 Å². The molecule has 0 saturated carbocycles. The lowest BCUT2D eigenvalue weighted by molar-refractivity contribution is -0.119. The number of nitrogens with zero attached hydrogens (tertiary/aromatic N) is 2. The number of amides is 1. The van der Waals surface area contributed by atoms with Crippen LogP contribution in [0.3, 0.4) is 0 Å². The van der Waals surface area contributed by atoms with Crippen LogP contribution in [0.4, 0.5) is 10.1 Å². The van der Waals surface area contributed by atoms with E-state index >= 15 is 0 Å². The highest BCUT2D eigenvalue weighted by molar-refractivity contribution is 6.42. The first-order valence-corrected chi connectivity index (χ1v) is 14.1. The quantitative estimate of drug-likeness (QED) is 0.249. The van der Waals surface area contributed by atoms with Crippen LogP contribution in [0.2, 0.25) is 10.0 Å². The standard InChI is InChI=1S/C33H29Cl2FN2O/c34-28-13-11-23(19-29(28)35)21-37-17-15-33(16-18-37)22-38(30-14-12-26(36)20-27(30)33)32(39)31(24-7-3-1-4-8-24)25-9-5-2-6-10-25/h1-14,19-20,31H,15-18,21-22H2. The topological polar surface area (TPSA) is 23.6 Å². The number of carbonyl (C=O) groups excluding carboxylic acids is 1. The Labute approximate surface area is 238 Å². The van der Waals surface area contributed by atoms with E-state index in [-0.39, 0.29) is 17.1 Å². The molecule has 0 radical (unpaired) electrons. The molecule has 0 atom stereocenters. The van der Waals surface area contributed by atoms with Gasteiger partial charge in [0.05, 0.1) is 16.0 Å². The average molecular weight is 560 g/mol. The minimum Gasteiger partial charge on any atom is -0.310 e. The Hall–Kier alpha value is -3.18. The van der Waals surface area contributed by atoms with Crippen LogP contribution in [0, 0.1) is 5.82 Å². The molecule has 0 bridgehead atoms. The molecule has 1 saturated heterocycles. The lowest BCUT2D eigenvalue weighted by Crippen LogP contribution is -2.46. The van der Waals surface area contributed by atoms with Gasteiger partial charge in [-0.05, 0) is 78.5 Å². The summed E-state index contributed by atoms with van der Waals surface area (Å²) in [4.78, 5) is 18.7.